The number of rotatable bonds is 5. The summed E-state index contributed by atoms with van der Waals surface area (Å²) < 4.78 is 0. The number of hydrogen-bond donors (Lipinski definition) is 3. The molecule has 0 aromatic heterocycles. The zero-order valence-electron chi connectivity index (χ0n) is 13.0. The van der Waals surface area contributed by atoms with E-state index in [2.05, 4.69) is 10.6 Å². The Morgan fingerprint density at radius 3 is 2.71 bits per heavy atom. The molecule has 1 aromatic rings. The van der Waals surface area contributed by atoms with Crippen LogP contribution in [0.4, 0.5) is 5.69 Å². The molecule has 126 valence electrons. The van der Waals surface area contributed by atoms with E-state index in [0.29, 0.717) is 11.3 Å². The van der Waals surface area contributed by atoms with Crippen LogP contribution in [0.3, 0.4) is 0 Å². The lowest BCUT2D eigenvalue weighted by molar-refractivity contribution is -0.150. The number of amides is 2. The van der Waals surface area contributed by atoms with Gasteiger partial charge < -0.3 is 15.7 Å². The maximum absolute atomic E-state index is 12.2. The molecular formula is C16H17N3O4S. The highest BCUT2D eigenvalue weighted by Crippen LogP contribution is 2.39. The molecular weight excluding hydrogens is 330 g/mol. The van der Waals surface area contributed by atoms with Crippen molar-refractivity contribution in [2.75, 3.05) is 17.6 Å². The number of benzene rings is 1. The Kier molecular flexibility index (Phi) is 4.48. The minimum atomic E-state index is -1.11. The first kappa shape index (κ1) is 16.4. The topological polar surface area (TPSA) is 98.7 Å². The first-order chi connectivity index (χ1) is 11.5. The van der Waals surface area contributed by atoms with Crippen LogP contribution >= 0.6 is 11.8 Å². The first-order valence-corrected chi connectivity index (χ1v) is 8.50. The van der Waals surface area contributed by atoms with Crippen molar-refractivity contribution < 1.29 is 19.5 Å². The number of hydrogen-bond acceptors (Lipinski definition) is 5. The van der Waals surface area contributed by atoms with Gasteiger partial charge in [0, 0.05) is 11.4 Å². The molecule has 24 heavy (non-hydrogen) atoms. The van der Waals surface area contributed by atoms with Crippen LogP contribution < -0.4 is 10.6 Å². The summed E-state index contributed by atoms with van der Waals surface area (Å²) in [6, 6.07) is 8.59. The van der Waals surface area contributed by atoms with Gasteiger partial charge in [-0.3, -0.25) is 14.5 Å². The molecule has 2 amide bonds. The van der Waals surface area contributed by atoms with Crippen molar-refractivity contribution >= 4 is 35.2 Å². The van der Waals surface area contributed by atoms with Gasteiger partial charge in [0.05, 0.1) is 6.54 Å². The molecule has 2 aliphatic heterocycles. The summed E-state index contributed by atoms with van der Waals surface area (Å²) in [7, 11) is 0. The first-order valence-electron chi connectivity index (χ1n) is 7.45. The van der Waals surface area contributed by atoms with Gasteiger partial charge in [-0.2, -0.15) is 0 Å². The summed E-state index contributed by atoms with van der Waals surface area (Å²) >= 11 is 1.46. The second-order valence-electron chi connectivity index (χ2n) is 5.61. The molecule has 1 unspecified atom stereocenters. The van der Waals surface area contributed by atoms with Crippen molar-refractivity contribution in [3.05, 3.63) is 41.6 Å². The second kappa shape index (κ2) is 6.56. The van der Waals surface area contributed by atoms with E-state index in [-0.39, 0.29) is 29.4 Å². The van der Waals surface area contributed by atoms with E-state index in [4.69, 9.17) is 0 Å². The van der Waals surface area contributed by atoms with Gasteiger partial charge in [-0.15, -0.1) is 11.8 Å². The number of nitrogens with one attached hydrogen (secondary N) is 2. The lowest BCUT2D eigenvalue weighted by Gasteiger charge is -2.49. The number of carboxylic acids is 1. The smallest absolute Gasteiger partial charge is 0.352 e. The fourth-order valence-electron chi connectivity index (χ4n) is 2.74. The predicted octanol–water partition coefficient (Wildman–Crippen LogP) is 0.857. The average molecular weight is 347 g/mol. The highest BCUT2D eigenvalue weighted by Gasteiger charge is 2.53. The van der Waals surface area contributed by atoms with Crippen LogP contribution in [0.15, 0.2) is 41.6 Å². The van der Waals surface area contributed by atoms with E-state index < -0.39 is 12.0 Å². The molecule has 0 saturated carbocycles. The van der Waals surface area contributed by atoms with Crippen LogP contribution in [0.25, 0.3) is 0 Å². The van der Waals surface area contributed by atoms with Gasteiger partial charge in [0.15, 0.2) is 0 Å². The number of anilines is 1. The summed E-state index contributed by atoms with van der Waals surface area (Å²) in [6.45, 7) is 1.75. The standard InChI is InChI=1S/C16H17N3O4S/c1-9-8-24-15-12(14(21)19(15)13(9)16(22)23)18-11(20)7-17-10-5-3-2-4-6-10/h2-6,12,15,17H,7-8H2,1H3,(H,18,20)(H,22,23)/t12?,15-/m0/s1. The van der Waals surface area contributed by atoms with E-state index >= 15 is 0 Å². The third-order valence-corrected chi connectivity index (χ3v) is 5.33. The van der Waals surface area contributed by atoms with E-state index in [1.54, 1.807) is 6.92 Å². The van der Waals surface area contributed by atoms with Gasteiger partial charge in [-0.05, 0) is 24.6 Å². The van der Waals surface area contributed by atoms with Crippen molar-refractivity contribution in [1.82, 2.24) is 10.2 Å². The van der Waals surface area contributed by atoms with Crippen LogP contribution in [0.5, 0.6) is 0 Å². The molecule has 8 heteroatoms. The van der Waals surface area contributed by atoms with Crippen LogP contribution in [-0.4, -0.2) is 51.5 Å². The summed E-state index contributed by atoms with van der Waals surface area (Å²) in [5, 5.41) is 14.6. The predicted molar refractivity (Wildman–Crippen MR) is 90.3 cm³/mol. The summed E-state index contributed by atoms with van der Waals surface area (Å²) in [5.41, 5.74) is 1.51. The van der Waals surface area contributed by atoms with Crippen molar-refractivity contribution in [1.29, 1.82) is 0 Å². The average Bonchev–Trinajstić information content (AvgIpc) is 2.58. The minimum Gasteiger partial charge on any atom is -0.477 e. The van der Waals surface area contributed by atoms with Gasteiger partial charge in [0.2, 0.25) is 5.91 Å². The Balaban J connectivity index is 1.59. The number of β-lactam (4-membered cyclic amide) rings is 1. The van der Waals surface area contributed by atoms with Gasteiger partial charge >= 0.3 is 5.97 Å². The Hall–Kier alpha value is -2.48. The SMILES string of the molecule is CC1=C(C(=O)O)N2C(=O)C(NC(=O)CNc3ccccc3)[C@@H]2SC1. The van der Waals surface area contributed by atoms with E-state index in [1.807, 2.05) is 30.3 Å². The van der Waals surface area contributed by atoms with Crippen molar-refractivity contribution in [2.24, 2.45) is 0 Å². The lowest BCUT2D eigenvalue weighted by atomic mass is 10.0. The van der Waals surface area contributed by atoms with Crippen LogP contribution in [-0.2, 0) is 14.4 Å². The molecule has 0 bridgehead atoms. The van der Waals surface area contributed by atoms with E-state index in [9.17, 15) is 19.5 Å². The molecule has 0 spiro atoms. The highest BCUT2D eigenvalue weighted by molar-refractivity contribution is 8.00. The molecule has 1 saturated heterocycles. The van der Waals surface area contributed by atoms with E-state index in [0.717, 1.165) is 5.69 Å². The largest absolute Gasteiger partial charge is 0.477 e. The van der Waals surface area contributed by atoms with Crippen molar-refractivity contribution in [2.45, 2.75) is 18.3 Å². The number of carboxylic acid groups (broad SMARTS) is 1. The Bertz CT molecular complexity index is 719. The lowest BCUT2D eigenvalue weighted by Crippen LogP contribution is -2.70. The molecule has 3 rings (SSSR count). The zero-order valence-corrected chi connectivity index (χ0v) is 13.8. The number of para-hydroxylation sites is 1. The number of aliphatic carboxylic acids is 1. The number of fused-ring (bicyclic) bond motifs is 1. The molecule has 2 aliphatic rings. The van der Waals surface area contributed by atoms with Gasteiger partial charge in [-0.25, -0.2) is 4.79 Å². The van der Waals surface area contributed by atoms with Crippen LogP contribution in [0, 0.1) is 0 Å². The number of carbonyl (C=O) groups is 3. The third-order valence-electron chi connectivity index (χ3n) is 3.90. The second-order valence-corrected chi connectivity index (χ2v) is 6.71. The monoisotopic (exact) mass is 347 g/mol. The van der Waals surface area contributed by atoms with Gasteiger partial charge in [-0.1, -0.05) is 18.2 Å². The number of carbonyl (C=O) groups excluding carboxylic acids is 2. The summed E-state index contributed by atoms with van der Waals surface area (Å²) in [5.74, 6) is -1.26. The molecule has 2 heterocycles. The molecule has 2 atom stereocenters. The fourth-order valence-corrected chi connectivity index (χ4v) is 4.03. The molecule has 7 nitrogen and oxygen atoms in total. The van der Waals surface area contributed by atoms with E-state index in [1.165, 1.54) is 16.7 Å². The Labute approximate surface area is 143 Å². The van der Waals surface area contributed by atoms with Crippen LogP contribution in [0.2, 0.25) is 0 Å². The molecule has 0 radical (unpaired) electrons. The maximum Gasteiger partial charge on any atom is 0.352 e. The molecule has 3 N–H and O–H groups in total. The normalized spacial score (nSPS) is 22.5. The van der Waals surface area contributed by atoms with Crippen molar-refractivity contribution in [3.8, 4) is 0 Å². The quantitative estimate of drug-likeness (QED) is 0.683. The third kappa shape index (κ3) is 2.96. The van der Waals surface area contributed by atoms with Crippen molar-refractivity contribution in [3.63, 3.8) is 0 Å². The number of thioether (sulfide) groups is 1. The minimum absolute atomic E-state index is 0.0386. The summed E-state index contributed by atoms with van der Waals surface area (Å²) in [4.78, 5) is 36.9. The maximum atomic E-state index is 12.2. The van der Waals surface area contributed by atoms with Crippen LogP contribution in [0.1, 0.15) is 6.92 Å². The fraction of sp³-hybridized carbons (Fsp3) is 0.312. The molecule has 1 fully saturated rings. The zero-order chi connectivity index (χ0) is 17.3. The van der Waals surface area contributed by atoms with Gasteiger partial charge in [0.1, 0.15) is 17.1 Å². The highest BCUT2D eigenvalue weighted by atomic mass is 32.2. The van der Waals surface area contributed by atoms with Gasteiger partial charge in [0.25, 0.3) is 5.91 Å². The summed E-state index contributed by atoms with van der Waals surface area (Å²) in [6.07, 6.45) is 0. The Morgan fingerprint density at radius 2 is 2.04 bits per heavy atom. The molecule has 0 aliphatic carbocycles. The Morgan fingerprint density at radius 1 is 1.33 bits per heavy atom. The number of nitrogens with zero attached hydrogens (tertiary/aromatic N) is 1. The molecule has 1 aromatic carbocycles.